The average molecular weight is 209 g/mol. The van der Waals surface area contributed by atoms with Crippen molar-refractivity contribution >= 4 is 11.6 Å². The minimum atomic E-state index is -3.07. The smallest absolute Gasteiger partial charge is 0.250 e. The van der Waals surface area contributed by atoms with Gasteiger partial charge in [-0.1, -0.05) is 17.7 Å². The summed E-state index contributed by atoms with van der Waals surface area (Å²) in [7, 11) is 0. The third-order valence-electron chi connectivity index (χ3n) is 1.29. The molecule has 0 unspecified atom stereocenters. The molecular formula is C8H9ClF2N2. The van der Waals surface area contributed by atoms with Crippen molar-refractivity contribution in [1.29, 1.82) is 0 Å². The van der Waals surface area contributed by atoms with Gasteiger partial charge in [0.05, 0.1) is 6.50 Å². The molecule has 0 spiro atoms. The van der Waals surface area contributed by atoms with Crippen molar-refractivity contribution in [2.75, 3.05) is 6.50 Å². The zero-order valence-electron chi connectivity index (χ0n) is 8.60. The van der Waals surface area contributed by atoms with Crippen LogP contribution in [0.2, 0.25) is 5.15 Å². The second-order valence-electron chi connectivity index (χ2n) is 2.29. The summed E-state index contributed by atoms with van der Waals surface area (Å²) in [5.41, 5.74) is 0.587. The minimum absolute atomic E-state index is 0.0263. The number of pyridine rings is 1. The van der Waals surface area contributed by atoms with Gasteiger partial charge < -0.3 is 5.32 Å². The monoisotopic (exact) mass is 208 g/mol. The van der Waals surface area contributed by atoms with Gasteiger partial charge >= 0.3 is 0 Å². The predicted octanol–water partition coefficient (Wildman–Crippen LogP) is 2.09. The Morgan fingerprint density at radius 3 is 2.92 bits per heavy atom. The van der Waals surface area contributed by atoms with E-state index in [1.807, 2.05) is 0 Å². The molecule has 0 amide bonds. The second-order valence-corrected chi connectivity index (χ2v) is 2.68. The van der Waals surface area contributed by atoms with E-state index in [0.717, 1.165) is 0 Å². The first-order valence-corrected chi connectivity index (χ1v) is 3.93. The van der Waals surface area contributed by atoms with Gasteiger partial charge in [-0.15, -0.1) is 0 Å². The Morgan fingerprint density at radius 1 is 1.62 bits per heavy atom. The quantitative estimate of drug-likeness (QED) is 0.767. The van der Waals surface area contributed by atoms with Gasteiger partial charge in [-0.25, -0.2) is 13.8 Å². The number of rotatable bonds is 4. The van der Waals surface area contributed by atoms with E-state index in [1.165, 1.54) is 12.3 Å². The Labute approximate surface area is 82.7 Å². The van der Waals surface area contributed by atoms with Crippen LogP contribution in [0.4, 0.5) is 8.78 Å². The summed E-state index contributed by atoms with van der Waals surface area (Å²) in [5, 5.41) is 2.40. The summed E-state index contributed by atoms with van der Waals surface area (Å²) in [5.74, 6) is 0. The average Bonchev–Trinajstić information content (AvgIpc) is 2.17. The van der Waals surface area contributed by atoms with Crippen LogP contribution < -0.4 is 5.32 Å². The lowest BCUT2D eigenvalue weighted by molar-refractivity contribution is 0.145. The maximum absolute atomic E-state index is 12.1. The number of alkyl halides is 2. The lowest BCUT2D eigenvalue weighted by Gasteiger charge is -2.03. The van der Waals surface area contributed by atoms with Gasteiger partial charge in [0, 0.05) is 15.5 Å². The molecule has 1 N–H and O–H groups in total. The summed E-state index contributed by atoms with van der Waals surface area (Å²) >= 11 is 5.53. The predicted molar refractivity (Wildman–Crippen MR) is 47.0 cm³/mol. The zero-order valence-corrected chi connectivity index (χ0v) is 7.35. The molecule has 0 fully saturated rings. The molecule has 1 aromatic heterocycles. The molecule has 13 heavy (non-hydrogen) atoms. The summed E-state index contributed by atoms with van der Waals surface area (Å²) in [4.78, 5) is 3.74. The fourth-order valence-electron chi connectivity index (χ4n) is 0.741. The number of aromatic nitrogens is 1. The standard InChI is InChI=1S/C8H9ClF2N2/c9-7-2-1-6(4-13-7)3-12-5-8(10)11/h1-2,4,8,12H,3,5H2/i5D2. The Balaban J connectivity index is 2.54. The third-order valence-corrected chi connectivity index (χ3v) is 1.52. The molecule has 0 aliphatic rings. The molecule has 72 valence electrons. The lowest BCUT2D eigenvalue weighted by Crippen LogP contribution is -2.20. The number of nitrogens with zero attached hydrogens (tertiary/aromatic N) is 1. The summed E-state index contributed by atoms with van der Waals surface area (Å²) in [6.07, 6.45) is -1.67. The maximum Gasteiger partial charge on any atom is 0.250 e. The first kappa shape index (κ1) is 7.64. The molecule has 0 aliphatic carbocycles. The fraction of sp³-hybridized carbons (Fsp3) is 0.375. The van der Waals surface area contributed by atoms with Crippen LogP contribution in [0.15, 0.2) is 18.3 Å². The van der Waals surface area contributed by atoms with E-state index < -0.39 is 12.9 Å². The van der Waals surface area contributed by atoms with Crippen LogP contribution in [-0.2, 0) is 6.54 Å². The van der Waals surface area contributed by atoms with Crippen LogP contribution in [-0.4, -0.2) is 17.9 Å². The van der Waals surface area contributed by atoms with Crippen molar-refractivity contribution in [1.82, 2.24) is 10.3 Å². The second kappa shape index (κ2) is 5.09. The van der Waals surface area contributed by atoms with E-state index >= 15 is 0 Å². The molecule has 0 aromatic carbocycles. The van der Waals surface area contributed by atoms with Crippen LogP contribution in [0.5, 0.6) is 0 Å². The first-order valence-electron chi connectivity index (χ1n) is 4.55. The van der Waals surface area contributed by atoms with E-state index in [1.54, 1.807) is 6.07 Å². The van der Waals surface area contributed by atoms with Gasteiger partial charge in [0.15, 0.2) is 0 Å². The largest absolute Gasteiger partial charge is 0.307 e. The maximum atomic E-state index is 12.1. The number of nitrogens with one attached hydrogen (secondary N) is 1. The highest BCUT2D eigenvalue weighted by molar-refractivity contribution is 6.29. The van der Waals surface area contributed by atoms with Crippen molar-refractivity contribution in [3.8, 4) is 0 Å². The zero-order chi connectivity index (χ0) is 11.5. The van der Waals surface area contributed by atoms with Crippen molar-refractivity contribution in [2.24, 2.45) is 0 Å². The normalized spacial score (nSPS) is 14.2. The number of hydrogen-bond donors (Lipinski definition) is 1. The Morgan fingerprint density at radius 2 is 2.38 bits per heavy atom. The summed E-state index contributed by atoms with van der Waals surface area (Å²) in [6, 6.07) is 3.10. The van der Waals surface area contributed by atoms with Gasteiger partial charge in [-0.05, 0) is 11.6 Å². The highest BCUT2D eigenvalue weighted by atomic mass is 35.5. The van der Waals surface area contributed by atoms with Gasteiger partial charge in [0.1, 0.15) is 5.15 Å². The Bertz CT molecular complexity index is 319. The molecule has 0 radical (unpaired) electrons. The van der Waals surface area contributed by atoms with Gasteiger partial charge in [-0.3, -0.25) is 0 Å². The van der Waals surface area contributed by atoms with Crippen molar-refractivity contribution < 1.29 is 11.5 Å². The molecule has 0 saturated carbocycles. The van der Waals surface area contributed by atoms with Crippen molar-refractivity contribution in [3.63, 3.8) is 0 Å². The molecule has 2 nitrogen and oxygen atoms in total. The molecular weight excluding hydrogens is 198 g/mol. The Hall–Kier alpha value is -0.740. The first-order chi connectivity index (χ1) is 6.92. The van der Waals surface area contributed by atoms with E-state index in [0.29, 0.717) is 10.7 Å². The van der Waals surface area contributed by atoms with Crippen LogP contribution in [0.3, 0.4) is 0 Å². The molecule has 0 aliphatic heterocycles. The summed E-state index contributed by atoms with van der Waals surface area (Å²) < 4.78 is 38.1. The highest BCUT2D eigenvalue weighted by Gasteiger charge is 2.00. The molecule has 0 saturated heterocycles. The van der Waals surface area contributed by atoms with Gasteiger partial charge in [0.25, 0.3) is 6.43 Å². The highest BCUT2D eigenvalue weighted by Crippen LogP contribution is 2.04. The van der Waals surface area contributed by atoms with Crippen molar-refractivity contribution in [3.05, 3.63) is 29.0 Å². The summed E-state index contributed by atoms with van der Waals surface area (Å²) in [6.45, 7) is -2.72. The minimum Gasteiger partial charge on any atom is -0.307 e. The van der Waals surface area contributed by atoms with Crippen LogP contribution >= 0.6 is 11.6 Å². The van der Waals surface area contributed by atoms with E-state index in [9.17, 15) is 8.78 Å². The number of hydrogen-bond acceptors (Lipinski definition) is 2. The van der Waals surface area contributed by atoms with Crippen LogP contribution in [0, 0.1) is 0 Å². The van der Waals surface area contributed by atoms with E-state index in [2.05, 4.69) is 10.3 Å². The molecule has 1 heterocycles. The third kappa shape index (κ3) is 4.15. The molecule has 0 atom stereocenters. The fourth-order valence-corrected chi connectivity index (χ4v) is 0.853. The Kier molecular flexibility index (Phi) is 2.99. The van der Waals surface area contributed by atoms with Crippen LogP contribution in [0.1, 0.15) is 8.30 Å². The topological polar surface area (TPSA) is 24.9 Å². The van der Waals surface area contributed by atoms with Crippen molar-refractivity contribution in [2.45, 2.75) is 13.0 Å². The molecule has 5 heteroatoms. The lowest BCUT2D eigenvalue weighted by atomic mass is 10.3. The van der Waals surface area contributed by atoms with Crippen LogP contribution in [0.25, 0.3) is 0 Å². The van der Waals surface area contributed by atoms with Gasteiger partial charge in [0.2, 0.25) is 0 Å². The van der Waals surface area contributed by atoms with Gasteiger partial charge in [-0.2, -0.15) is 0 Å². The van der Waals surface area contributed by atoms with E-state index in [4.69, 9.17) is 14.3 Å². The molecule has 1 rings (SSSR count). The van der Waals surface area contributed by atoms with E-state index in [-0.39, 0.29) is 6.54 Å². The molecule has 1 aromatic rings. The number of halogens is 3. The SMILES string of the molecule is [2H]C([2H])(NCc1ccc(Cl)nc1)C(F)F. The molecule has 0 bridgehead atoms.